The fraction of sp³-hybridized carbons (Fsp3) is 0.455. The summed E-state index contributed by atoms with van der Waals surface area (Å²) < 4.78 is 25.6. The predicted octanol–water partition coefficient (Wildman–Crippen LogP) is 2.57. The Hall–Kier alpha value is -3.65. The van der Waals surface area contributed by atoms with Gasteiger partial charge in [0.15, 0.2) is 5.82 Å². The molecule has 2 aliphatic rings. The highest BCUT2D eigenvalue weighted by molar-refractivity contribution is 5.98. The number of carbonyl (C=O) groups excluding carboxylic acids is 2. The van der Waals surface area contributed by atoms with Gasteiger partial charge in [0.2, 0.25) is 0 Å². The van der Waals surface area contributed by atoms with E-state index in [1.54, 1.807) is 4.90 Å². The van der Waals surface area contributed by atoms with Gasteiger partial charge in [-0.05, 0) is 30.7 Å². The number of anilines is 2. The lowest BCUT2D eigenvalue weighted by molar-refractivity contribution is -0.0150. The van der Waals surface area contributed by atoms with Crippen molar-refractivity contribution in [3.8, 4) is 6.07 Å². The molecule has 2 aromatic rings. The molecule has 2 fully saturated rings. The molecule has 3 N–H and O–H groups in total. The summed E-state index contributed by atoms with van der Waals surface area (Å²) >= 11 is 0. The van der Waals surface area contributed by atoms with Crippen LogP contribution in [0.5, 0.6) is 0 Å². The molecule has 4 rings (SSSR count). The van der Waals surface area contributed by atoms with E-state index in [1.807, 2.05) is 0 Å². The van der Waals surface area contributed by atoms with Gasteiger partial charge < -0.3 is 25.4 Å². The number of nitrogens with zero attached hydrogens (tertiary/aromatic N) is 4. The van der Waals surface area contributed by atoms with Gasteiger partial charge in [0.1, 0.15) is 17.5 Å². The SMILES string of the molecule is N#CC1CCN(C(=O)OC2CCOCC2)CC1n1cc(C(N)=O)c(Nc2ccc(F)cc2)n1. The van der Waals surface area contributed by atoms with Crippen LogP contribution in [-0.4, -0.2) is 59.1 Å². The van der Waals surface area contributed by atoms with E-state index >= 15 is 0 Å². The highest BCUT2D eigenvalue weighted by Crippen LogP contribution is 2.30. The van der Waals surface area contributed by atoms with E-state index in [0.717, 1.165) is 0 Å². The Balaban J connectivity index is 1.53. The standard InChI is InChI=1S/C22H25FN6O4/c23-15-1-3-16(4-2-15)26-21-18(20(25)30)12-29(27-21)19-13-28(8-5-14(19)11-24)22(31)33-17-6-9-32-10-7-17/h1-4,12,14,17,19H,5-10,13H2,(H2,25,30)(H,26,27). The number of carbonyl (C=O) groups is 2. The van der Waals surface area contributed by atoms with Gasteiger partial charge in [0.05, 0.1) is 31.2 Å². The second-order valence-corrected chi connectivity index (χ2v) is 8.10. The quantitative estimate of drug-likeness (QED) is 0.706. The van der Waals surface area contributed by atoms with Crippen LogP contribution < -0.4 is 11.1 Å². The van der Waals surface area contributed by atoms with E-state index in [0.29, 0.717) is 44.7 Å². The first-order chi connectivity index (χ1) is 15.9. The van der Waals surface area contributed by atoms with Crippen molar-refractivity contribution < 1.29 is 23.5 Å². The summed E-state index contributed by atoms with van der Waals surface area (Å²) in [5.74, 6) is -1.33. The van der Waals surface area contributed by atoms with Gasteiger partial charge in [0.25, 0.3) is 5.91 Å². The maximum atomic E-state index is 13.2. The summed E-state index contributed by atoms with van der Waals surface area (Å²) in [7, 11) is 0. The number of ether oxygens (including phenoxy) is 2. The number of aromatic nitrogens is 2. The second kappa shape index (κ2) is 9.87. The molecule has 2 aliphatic heterocycles. The molecule has 0 spiro atoms. The highest BCUT2D eigenvalue weighted by Gasteiger charge is 2.35. The van der Waals surface area contributed by atoms with Crippen LogP contribution in [0.25, 0.3) is 0 Å². The number of primary amides is 1. The molecule has 11 heteroatoms. The summed E-state index contributed by atoms with van der Waals surface area (Å²) in [5.41, 5.74) is 6.17. The van der Waals surface area contributed by atoms with Crippen LogP contribution in [0.4, 0.5) is 20.7 Å². The van der Waals surface area contributed by atoms with Crippen LogP contribution in [0.15, 0.2) is 30.5 Å². The lowest BCUT2D eigenvalue weighted by atomic mass is 9.93. The number of benzene rings is 1. The molecule has 2 saturated heterocycles. The van der Waals surface area contributed by atoms with Crippen molar-refractivity contribution in [1.29, 1.82) is 5.26 Å². The normalized spacial score (nSPS) is 21.3. The van der Waals surface area contributed by atoms with Gasteiger partial charge in [-0.2, -0.15) is 10.4 Å². The minimum atomic E-state index is -0.703. The van der Waals surface area contributed by atoms with Gasteiger partial charge in [-0.1, -0.05) is 0 Å². The average molecular weight is 456 g/mol. The first-order valence-electron chi connectivity index (χ1n) is 10.8. The smallest absolute Gasteiger partial charge is 0.410 e. The number of amides is 2. The number of piperidine rings is 1. The number of hydrogen-bond acceptors (Lipinski definition) is 7. The summed E-state index contributed by atoms with van der Waals surface area (Å²) in [6.45, 7) is 1.71. The van der Waals surface area contributed by atoms with Crippen LogP contribution in [-0.2, 0) is 9.47 Å². The molecule has 0 bridgehead atoms. The fourth-order valence-corrected chi connectivity index (χ4v) is 4.03. The van der Waals surface area contributed by atoms with E-state index in [1.165, 1.54) is 35.1 Å². The molecule has 0 saturated carbocycles. The van der Waals surface area contributed by atoms with Crippen LogP contribution in [0, 0.1) is 23.1 Å². The van der Waals surface area contributed by atoms with Crippen LogP contribution >= 0.6 is 0 Å². The van der Waals surface area contributed by atoms with Gasteiger partial charge in [0, 0.05) is 37.8 Å². The first kappa shape index (κ1) is 22.5. The number of nitriles is 1. The summed E-state index contributed by atoms with van der Waals surface area (Å²) in [6, 6.07) is 7.34. The van der Waals surface area contributed by atoms with Crippen molar-refractivity contribution in [2.24, 2.45) is 11.7 Å². The van der Waals surface area contributed by atoms with Crippen molar-refractivity contribution in [1.82, 2.24) is 14.7 Å². The molecule has 33 heavy (non-hydrogen) atoms. The number of likely N-dealkylation sites (tertiary alicyclic amines) is 1. The molecule has 1 aromatic carbocycles. The molecular formula is C22H25FN6O4. The number of nitrogens with one attached hydrogen (secondary N) is 1. The van der Waals surface area contributed by atoms with Crippen molar-refractivity contribution in [3.63, 3.8) is 0 Å². The molecule has 2 unspecified atom stereocenters. The number of rotatable bonds is 5. The Labute approximate surface area is 190 Å². The molecule has 0 aliphatic carbocycles. The van der Waals surface area contributed by atoms with E-state index in [4.69, 9.17) is 15.2 Å². The monoisotopic (exact) mass is 456 g/mol. The van der Waals surface area contributed by atoms with Crippen LogP contribution in [0.1, 0.15) is 35.7 Å². The molecule has 10 nitrogen and oxygen atoms in total. The third-order valence-corrected chi connectivity index (χ3v) is 5.89. The number of nitrogens with two attached hydrogens (primary N) is 1. The Morgan fingerprint density at radius 2 is 1.97 bits per heavy atom. The number of hydrogen-bond donors (Lipinski definition) is 2. The van der Waals surface area contributed by atoms with Crippen LogP contribution in [0.2, 0.25) is 0 Å². The summed E-state index contributed by atoms with van der Waals surface area (Å²) in [5, 5.41) is 17.1. The Bertz CT molecular complexity index is 1040. The lowest BCUT2D eigenvalue weighted by Gasteiger charge is -2.36. The Morgan fingerprint density at radius 1 is 1.24 bits per heavy atom. The number of halogens is 1. The lowest BCUT2D eigenvalue weighted by Crippen LogP contribution is -2.46. The first-order valence-corrected chi connectivity index (χ1v) is 10.8. The summed E-state index contributed by atoms with van der Waals surface area (Å²) in [6.07, 6.45) is 2.60. The van der Waals surface area contributed by atoms with Crippen molar-refractivity contribution in [2.75, 3.05) is 31.6 Å². The third kappa shape index (κ3) is 5.23. The molecule has 174 valence electrons. The average Bonchev–Trinajstić information content (AvgIpc) is 3.24. The van der Waals surface area contributed by atoms with Gasteiger partial charge >= 0.3 is 6.09 Å². The zero-order valence-corrected chi connectivity index (χ0v) is 17.9. The molecule has 0 radical (unpaired) electrons. The second-order valence-electron chi connectivity index (χ2n) is 8.10. The van der Waals surface area contributed by atoms with Gasteiger partial charge in [-0.25, -0.2) is 9.18 Å². The topological polar surface area (TPSA) is 136 Å². The van der Waals surface area contributed by atoms with E-state index in [-0.39, 0.29) is 24.0 Å². The zero-order chi connectivity index (χ0) is 23.4. The van der Waals surface area contributed by atoms with Crippen LogP contribution in [0.3, 0.4) is 0 Å². The van der Waals surface area contributed by atoms with E-state index < -0.39 is 29.8 Å². The largest absolute Gasteiger partial charge is 0.446 e. The maximum Gasteiger partial charge on any atom is 0.410 e. The molecule has 2 atom stereocenters. The molecule has 3 heterocycles. The molecule has 2 amide bonds. The molecular weight excluding hydrogens is 431 g/mol. The minimum absolute atomic E-state index is 0.123. The maximum absolute atomic E-state index is 13.2. The van der Waals surface area contributed by atoms with E-state index in [9.17, 15) is 19.2 Å². The van der Waals surface area contributed by atoms with Gasteiger partial charge in [-0.3, -0.25) is 9.48 Å². The van der Waals surface area contributed by atoms with Gasteiger partial charge in [-0.15, -0.1) is 0 Å². The van der Waals surface area contributed by atoms with Crippen molar-refractivity contribution in [2.45, 2.75) is 31.4 Å². The Morgan fingerprint density at radius 3 is 2.64 bits per heavy atom. The summed E-state index contributed by atoms with van der Waals surface area (Å²) in [4.78, 5) is 26.3. The van der Waals surface area contributed by atoms with Crippen molar-refractivity contribution in [3.05, 3.63) is 41.8 Å². The third-order valence-electron chi connectivity index (χ3n) is 5.89. The minimum Gasteiger partial charge on any atom is -0.446 e. The zero-order valence-electron chi connectivity index (χ0n) is 17.9. The van der Waals surface area contributed by atoms with Crippen molar-refractivity contribution >= 4 is 23.5 Å². The highest BCUT2D eigenvalue weighted by atomic mass is 19.1. The molecule has 1 aromatic heterocycles. The fourth-order valence-electron chi connectivity index (χ4n) is 4.03. The van der Waals surface area contributed by atoms with E-state index in [2.05, 4.69) is 16.5 Å². The Kier molecular flexibility index (Phi) is 6.74. The predicted molar refractivity (Wildman–Crippen MR) is 115 cm³/mol.